The van der Waals surface area contributed by atoms with E-state index >= 15 is 0 Å². The summed E-state index contributed by atoms with van der Waals surface area (Å²) in [5, 5.41) is 3.48. The average Bonchev–Trinajstić information content (AvgIpc) is 2.81. The lowest BCUT2D eigenvalue weighted by Crippen LogP contribution is -2.28. The van der Waals surface area contributed by atoms with E-state index in [1.165, 1.54) is 25.1 Å². The zero-order chi connectivity index (χ0) is 15.4. The molecule has 0 aromatic carbocycles. The summed E-state index contributed by atoms with van der Waals surface area (Å²) in [6.07, 6.45) is 1.30. The predicted octanol–water partition coefficient (Wildman–Crippen LogP) is 2.28. The molecule has 0 spiro atoms. The molecule has 1 aliphatic heterocycles. The molecule has 0 bridgehead atoms. The largest absolute Gasteiger partial charge is 0.359 e. The lowest BCUT2D eigenvalue weighted by Gasteiger charge is -2.23. The molecule has 1 N–H and O–H groups in total. The SMILES string of the molecule is Cc1cc(CNC(C)C)cc(N(C)CC2CCN(C)C2)n1. The van der Waals surface area contributed by atoms with Gasteiger partial charge in [0.1, 0.15) is 5.82 Å². The maximum atomic E-state index is 4.71. The number of nitrogens with zero attached hydrogens (tertiary/aromatic N) is 3. The van der Waals surface area contributed by atoms with Crippen molar-refractivity contribution in [1.82, 2.24) is 15.2 Å². The second-order valence-corrected chi connectivity index (χ2v) is 6.81. The fourth-order valence-electron chi connectivity index (χ4n) is 3.00. The highest BCUT2D eigenvalue weighted by Crippen LogP contribution is 2.19. The Morgan fingerprint density at radius 2 is 2.19 bits per heavy atom. The molecule has 0 saturated carbocycles. The van der Waals surface area contributed by atoms with Crippen molar-refractivity contribution < 1.29 is 0 Å². The number of aryl methyl sites for hydroxylation is 1. The molecule has 0 aliphatic carbocycles. The Morgan fingerprint density at radius 1 is 1.43 bits per heavy atom. The van der Waals surface area contributed by atoms with Gasteiger partial charge < -0.3 is 15.1 Å². The minimum atomic E-state index is 0.508. The smallest absolute Gasteiger partial charge is 0.128 e. The van der Waals surface area contributed by atoms with Crippen LogP contribution in [0.3, 0.4) is 0 Å². The van der Waals surface area contributed by atoms with Crippen molar-refractivity contribution in [1.29, 1.82) is 0 Å². The van der Waals surface area contributed by atoms with Crippen molar-refractivity contribution in [3.63, 3.8) is 0 Å². The molecular formula is C17H30N4. The van der Waals surface area contributed by atoms with E-state index < -0.39 is 0 Å². The highest BCUT2D eigenvalue weighted by Gasteiger charge is 2.21. The number of likely N-dealkylation sites (tertiary alicyclic amines) is 1. The van der Waals surface area contributed by atoms with E-state index in [9.17, 15) is 0 Å². The summed E-state index contributed by atoms with van der Waals surface area (Å²) in [6, 6.07) is 4.91. The van der Waals surface area contributed by atoms with Gasteiger partial charge in [-0.25, -0.2) is 4.98 Å². The van der Waals surface area contributed by atoms with Gasteiger partial charge >= 0.3 is 0 Å². The van der Waals surface area contributed by atoms with Crippen LogP contribution in [0.2, 0.25) is 0 Å². The third kappa shape index (κ3) is 4.97. The summed E-state index contributed by atoms with van der Waals surface area (Å²) in [6.45, 7) is 10.9. The third-order valence-corrected chi connectivity index (χ3v) is 4.13. The first-order chi connectivity index (χ1) is 9.94. The van der Waals surface area contributed by atoms with E-state index in [0.29, 0.717) is 6.04 Å². The number of nitrogens with one attached hydrogen (secondary N) is 1. The van der Waals surface area contributed by atoms with Gasteiger partial charge in [0.15, 0.2) is 0 Å². The van der Waals surface area contributed by atoms with Crippen LogP contribution in [0.4, 0.5) is 5.82 Å². The summed E-state index contributed by atoms with van der Waals surface area (Å²) in [7, 11) is 4.38. The van der Waals surface area contributed by atoms with E-state index in [4.69, 9.17) is 4.98 Å². The van der Waals surface area contributed by atoms with Gasteiger partial charge in [-0.2, -0.15) is 0 Å². The van der Waals surface area contributed by atoms with E-state index in [2.05, 4.69) is 62.1 Å². The van der Waals surface area contributed by atoms with Gasteiger partial charge in [0.2, 0.25) is 0 Å². The molecule has 1 fully saturated rings. The van der Waals surface area contributed by atoms with E-state index in [0.717, 1.165) is 30.5 Å². The molecule has 1 saturated heterocycles. The molecule has 118 valence electrons. The molecule has 2 heterocycles. The lowest BCUT2D eigenvalue weighted by atomic mass is 10.1. The normalized spacial score (nSPS) is 19.4. The summed E-state index contributed by atoms with van der Waals surface area (Å²) in [5.41, 5.74) is 2.42. The molecule has 1 aliphatic rings. The minimum absolute atomic E-state index is 0.508. The first-order valence-corrected chi connectivity index (χ1v) is 8.04. The molecule has 1 atom stereocenters. The Morgan fingerprint density at radius 3 is 2.81 bits per heavy atom. The third-order valence-electron chi connectivity index (χ3n) is 4.13. The van der Waals surface area contributed by atoms with Crippen molar-refractivity contribution >= 4 is 5.82 Å². The monoisotopic (exact) mass is 290 g/mol. The van der Waals surface area contributed by atoms with Crippen LogP contribution in [0.25, 0.3) is 0 Å². The molecule has 2 rings (SSSR count). The van der Waals surface area contributed by atoms with Crippen LogP contribution in [0.15, 0.2) is 12.1 Å². The van der Waals surface area contributed by atoms with Crippen molar-refractivity contribution in [2.24, 2.45) is 5.92 Å². The first-order valence-electron chi connectivity index (χ1n) is 8.04. The summed E-state index contributed by atoms with van der Waals surface area (Å²) in [5.74, 6) is 1.87. The summed E-state index contributed by atoms with van der Waals surface area (Å²) in [4.78, 5) is 9.44. The Hall–Kier alpha value is -1.13. The number of anilines is 1. The maximum Gasteiger partial charge on any atom is 0.128 e. The fourth-order valence-corrected chi connectivity index (χ4v) is 3.00. The fraction of sp³-hybridized carbons (Fsp3) is 0.706. The zero-order valence-electron chi connectivity index (χ0n) is 14.2. The van der Waals surface area contributed by atoms with E-state index in [-0.39, 0.29) is 0 Å². The second kappa shape index (κ2) is 7.23. The van der Waals surface area contributed by atoms with Gasteiger partial charge in [0.25, 0.3) is 0 Å². The molecule has 1 unspecified atom stereocenters. The molecule has 1 aromatic heterocycles. The van der Waals surface area contributed by atoms with Gasteiger partial charge in [-0.05, 0) is 50.6 Å². The van der Waals surface area contributed by atoms with E-state index in [1.54, 1.807) is 0 Å². The minimum Gasteiger partial charge on any atom is -0.359 e. The number of aromatic nitrogens is 1. The number of hydrogen-bond acceptors (Lipinski definition) is 4. The summed E-state index contributed by atoms with van der Waals surface area (Å²) < 4.78 is 0. The van der Waals surface area contributed by atoms with Gasteiger partial charge in [-0.3, -0.25) is 0 Å². The Kier molecular flexibility index (Phi) is 5.59. The number of hydrogen-bond donors (Lipinski definition) is 1. The van der Waals surface area contributed by atoms with Crippen LogP contribution in [0, 0.1) is 12.8 Å². The van der Waals surface area contributed by atoms with Crippen LogP contribution in [-0.4, -0.2) is 49.7 Å². The van der Waals surface area contributed by atoms with Crippen molar-refractivity contribution in [2.45, 2.75) is 39.8 Å². The molecule has 0 amide bonds. The van der Waals surface area contributed by atoms with Gasteiger partial charge in [0, 0.05) is 38.4 Å². The highest BCUT2D eigenvalue weighted by atomic mass is 15.2. The van der Waals surface area contributed by atoms with Crippen molar-refractivity contribution in [3.05, 3.63) is 23.4 Å². The van der Waals surface area contributed by atoms with Gasteiger partial charge in [-0.1, -0.05) is 13.8 Å². The summed E-state index contributed by atoms with van der Waals surface area (Å²) >= 11 is 0. The molecule has 1 aromatic rings. The Bertz CT molecular complexity index is 458. The van der Waals surface area contributed by atoms with Crippen LogP contribution in [0.1, 0.15) is 31.5 Å². The molecule has 0 radical (unpaired) electrons. The van der Waals surface area contributed by atoms with Crippen LogP contribution >= 0.6 is 0 Å². The molecular weight excluding hydrogens is 260 g/mol. The van der Waals surface area contributed by atoms with E-state index in [1.807, 2.05) is 0 Å². The molecule has 4 heteroatoms. The second-order valence-electron chi connectivity index (χ2n) is 6.81. The lowest BCUT2D eigenvalue weighted by molar-refractivity contribution is 0.395. The first kappa shape index (κ1) is 16.2. The predicted molar refractivity (Wildman–Crippen MR) is 89.8 cm³/mol. The van der Waals surface area contributed by atoms with Gasteiger partial charge in [-0.15, -0.1) is 0 Å². The average molecular weight is 290 g/mol. The zero-order valence-corrected chi connectivity index (χ0v) is 14.2. The quantitative estimate of drug-likeness (QED) is 0.871. The van der Waals surface area contributed by atoms with Crippen molar-refractivity contribution in [2.75, 3.05) is 38.6 Å². The maximum absolute atomic E-state index is 4.71. The number of pyridine rings is 1. The van der Waals surface area contributed by atoms with Gasteiger partial charge in [0.05, 0.1) is 0 Å². The van der Waals surface area contributed by atoms with Crippen LogP contribution < -0.4 is 10.2 Å². The van der Waals surface area contributed by atoms with Crippen LogP contribution in [-0.2, 0) is 6.54 Å². The topological polar surface area (TPSA) is 31.4 Å². The molecule has 21 heavy (non-hydrogen) atoms. The Balaban J connectivity index is 2.00. The standard InChI is InChI=1S/C17H30N4/c1-13(2)18-10-16-8-14(3)19-17(9-16)21(5)12-15-6-7-20(4)11-15/h8-9,13,15,18H,6-7,10-12H2,1-5H3. The Labute approximate surface area is 129 Å². The number of rotatable bonds is 6. The van der Waals surface area contributed by atoms with Crippen LogP contribution in [0.5, 0.6) is 0 Å². The highest BCUT2D eigenvalue weighted by molar-refractivity contribution is 5.42. The van der Waals surface area contributed by atoms with Crippen molar-refractivity contribution in [3.8, 4) is 0 Å². The molecule has 4 nitrogen and oxygen atoms in total.